The van der Waals surface area contributed by atoms with Crippen LogP contribution in [0.3, 0.4) is 0 Å². The zero-order chi connectivity index (χ0) is 15.2. The third kappa shape index (κ3) is 3.99. The number of anilines is 1. The number of ether oxygens (including phenoxy) is 1. The Hall–Kier alpha value is -2.49. The topological polar surface area (TPSA) is 49.8 Å². The Morgan fingerprint density at radius 3 is 2.29 bits per heavy atom. The predicted octanol–water partition coefficient (Wildman–Crippen LogP) is 3.00. The smallest absolute Gasteiger partial charge is 0.264 e. The molecule has 0 saturated carbocycles. The molecule has 2 aromatic rings. The summed E-state index contributed by atoms with van der Waals surface area (Å²) in [6.07, 6.45) is 0.975. The first-order chi connectivity index (χ1) is 10.1. The molecule has 4 nitrogen and oxygen atoms in total. The van der Waals surface area contributed by atoms with Crippen LogP contribution in [-0.4, -0.2) is 24.7 Å². The SMILES string of the molecule is CCc1ccc(OCC(=O)N(C)c2ccc(O)cc2)cc1. The van der Waals surface area contributed by atoms with Crippen molar-refractivity contribution < 1.29 is 14.6 Å². The Bertz CT molecular complexity index is 590. The fraction of sp³-hybridized carbons (Fsp3) is 0.235. The number of carbonyl (C=O) groups excluding carboxylic acids is 1. The highest BCUT2D eigenvalue weighted by Crippen LogP contribution is 2.18. The van der Waals surface area contributed by atoms with Gasteiger partial charge in [0.2, 0.25) is 0 Å². The van der Waals surface area contributed by atoms with Crippen molar-refractivity contribution >= 4 is 11.6 Å². The molecule has 0 aromatic heterocycles. The summed E-state index contributed by atoms with van der Waals surface area (Å²) in [5, 5.41) is 9.24. The zero-order valence-electron chi connectivity index (χ0n) is 12.2. The van der Waals surface area contributed by atoms with Gasteiger partial charge in [0.1, 0.15) is 11.5 Å². The molecule has 110 valence electrons. The van der Waals surface area contributed by atoms with Crippen LogP contribution in [-0.2, 0) is 11.2 Å². The summed E-state index contributed by atoms with van der Waals surface area (Å²) in [5.74, 6) is 0.701. The van der Waals surface area contributed by atoms with Crippen molar-refractivity contribution in [3.05, 3.63) is 54.1 Å². The van der Waals surface area contributed by atoms with E-state index in [1.54, 1.807) is 31.3 Å². The molecule has 0 aliphatic rings. The van der Waals surface area contributed by atoms with Gasteiger partial charge in [0.25, 0.3) is 5.91 Å². The third-order valence-corrected chi connectivity index (χ3v) is 3.31. The summed E-state index contributed by atoms with van der Waals surface area (Å²) in [7, 11) is 1.68. The molecule has 0 spiro atoms. The van der Waals surface area contributed by atoms with E-state index < -0.39 is 0 Å². The molecule has 0 fully saturated rings. The Morgan fingerprint density at radius 1 is 1.10 bits per heavy atom. The molecule has 0 aliphatic heterocycles. The fourth-order valence-electron chi connectivity index (χ4n) is 1.88. The van der Waals surface area contributed by atoms with E-state index >= 15 is 0 Å². The molecule has 0 saturated heterocycles. The number of rotatable bonds is 5. The first kappa shape index (κ1) is 14.9. The lowest BCUT2D eigenvalue weighted by molar-refractivity contribution is -0.120. The molecule has 2 aromatic carbocycles. The molecular weight excluding hydrogens is 266 g/mol. The average Bonchev–Trinajstić information content (AvgIpc) is 2.53. The predicted molar refractivity (Wildman–Crippen MR) is 82.8 cm³/mol. The van der Waals surface area contributed by atoms with Crippen molar-refractivity contribution in [1.82, 2.24) is 0 Å². The van der Waals surface area contributed by atoms with Crippen LogP contribution in [0.15, 0.2) is 48.5 Å². The second kappa shape index (κ2) is 6.79. The molecule has 0 bridgehead atoms. The van der Waals surface area contributed by atoms with Crippen LogP contribution in [0.4, 0.5) is 5.69 Å². The minimum Gasteiger partial charge on any atom is -0.508 e. The number of hydrogen-bond donors (Lipinski definition) is 1. The number of hydrogen-bond acceptors (Lipinski definition) is 3. The van der Waals surface area contributed by atoms with Crippen LogP contribution < -0.4 is 9.64 Å². The van der Waals surface area contributed by atoms with E-state index in [1.165, 1.54) is 10.5 Å². The second-order valence-corrected chi connectivity index (χ2v) is 4.76. The number of nitrogens with zero attached hydrogens (tertiary/aromatic N) is 1. The van der Waals surface area contributed by atoms with E-state index in [1.807, 2.05) is 24.3 Å². The van der Waals surface area contributed by atoms with Gasteiger partial charge in [-0.15, -0.1) is 0 Å². The number of phenols is 1. The molecule has 1 amide bonds. The minimum absolute atomic E-state index is 0.0250. The molecule has 1 N–H and O–H groups in total. The van der Waals surface area contributed by atoms with Gasteiger partial charge >= 0.3 is 0 Å². The summed E-state index contributed by atoms with van der Waals surface area (Å²) >= 11 is 0. The summed E-state index contributed by atoms with van der Waals surface area (Å²) < 4.78 is 5.49. The highest BCUT2D eigenvalue weighted by Gasteiger charge is 2.11. The molecule has 0 unspecified atom stereocenters. The van der Waals surface area contributed by atoms with Crippen LogP contribution in [0.25, 0.3) is 0 Å². The number of aromatic hydroxyl groups is 1. The summed E-state index contributed by atoms with van der Waals surface area (Å²) in [6.45, 7) is 2.06. The van der Waals surface area contributed by atoms with E-state index in [2.05, 4.69) is 6.92 Å². The van der Waals surface area contributed by atoms with Crippen molar-refractivity contribution in [2.45, 2.75) is 13.3 Å². The molecular formula is C17H19NO3. The van der Waals surface area contributed by atoms with Crippen LogP contribution in [0.2, 0.25) is 0 Å². The lowest BCUT2D eigenvalue weighted by Crippen LogP contribution is -2.31. The number of likely N-dealkylation sites (N-methyl/N-ethyl adjacent to an activating group) is 1. The molecule has 0 aliphatic carbocycles. The lowest BCUT2D eigenvalue weighted by Gasteiger charge is -2.17. The number of phenolic OH excluding ortho intramolecular Hbond substituents is 1. The van der Waals surface area contributed by atoms with Crippen molar-refractivity contribution in [3.63, 3.8) is 0 Å². The van der Waals surface area contributed by atoms with Crippen LogP contribution in [0, 0.1) is 0 Å². The van der Waals surface area contributed by atoms with E-state index in [0.29, 0.717) is 11.4 Å². The van der Waals surface area contributed by atoms with E-state index in [0.717, 1.165) is 6.42 Å². The van der Waals surface area contributed by atoms with Gasteiger partial charge in [-0.25, -0.2) is 0 Å². The fourth-order valence-corrected chi connectivity index (χ4v) is 1.88. The van der Waals surface area contributed by atoms with Crippen molar-refractivity contribution in [3.8, 4) is 11.5 Å². The second-order valence-electron chi connectivity index (χ2n) is 4.76. The number of aryl methyl sites for hydroxylation is 1. The molecule has 0 atom stereocenters. The monoisotopic (exact) mass is 285 g/mol. The summed E-state index contributed by atoms with van der Waals surface area (Å²) in [4.78, 5) is 13.6. The number of carbonyl (C=O) groups is 1. The summed E-state index contributed by atoms with van der Waals surface area (Å²) in [5.41, 5.74) is 1.94. The van der Waals surface area contributed by atoms with Crippen molar-refractivity contribution in [2.24, 2.45) is 0 Å². The van der Waals surface area contributed by atoms with E-state index in [9.17, 15) is 9.90 Å². The standard InChI is InChI=1S/C17H19NO3/c1-3-13-4-10-16(11-5-13)21-12-17(20)18(2)14-6-8-15(19)9-7-14/h4-11,19H,3,12H2,1-2H3. The largest absolute Gasteiger partial charge is 0.508 e. The van der Waals surface area contributed by atoms with Crippen LogP contribution >= 0.6 is 0 Å². The highest BCUT2D eigenvalue weighted by molar-refractivity contribution is 5.93. The lowest BCUT2D eigenvalue weighted by atomic mass is 10.2. The molecule has 4 heteroatoms. The molecule has 0 heterocycles. The van der Waals surface area contributed by atoms with Gasteiger partial charge < -0.3 is 14.7 Å². The normalized spacial score (nSPS) is 10.2. The van der Waals surface area contributed by atoms with Gasteiger partial charge in [0, 0.05) is 12.7 Å². The Kier molecular flexibility index (Phi) is 4.82. The maximum absolute atomic E-state index is 12.1. The van der Waals surface area contributed by atoms with Gasteiger partial charge in [0.15, 0.2) is 6.61 Å². The third-order valence-electron chi connectivity index (χ3n) is 3.31. The molecule has 21 heavy (non-hydrogen) atoms. The Balaban J connectivity index is 1.92. The first-order valence-corrected chi connectivity index (χ1v) is 6.87. The Morgan fingerprint density at radius 2 is 1.71 bits per heavy atom. The summed E-state index contributed by atoms with van der Waals surface area (Å²) in [6, 6.07) is 14.2. The highest BCUT2D eigenvalue weighted by atomic mass is 16.5. The average molecular weight is 285 g/mol. The number of amides is 1. The van der Waals surface area contributed by atoms with Crippen LogP contribution in [0.1, 0.15) is 12.5 Å². The van der Waals surface area contributed by atoms with Gasteiger partial charge in [-0.05, 0) is 48.4 Å². The maximum Gasteiger partial charge on any atom is 0.264 e. The van der Waals surface area contributed by atoms with Gasteiger partial charge in [-0.3, -0.25) is 4.79 Å². The first-order valence-electron chi connectivity index (χ1n) is 6.87. The van der Waals surface area contributed by atoms with Gasteiger partial charge in [-0.1, -0.05) is 19.1 Å². The quantitative estimate of drug-likeness (QED) is 0.918. The van der Waals surface area contributed by atoms with Crippen LogP contribution in [0.5, 0.6) is 11.5 Å². The molecule has 2 rings (SSSR count). The molecule has 0 radical (unpaired) electrons. The van der Waals surface area contributed by atoms with E-state index in [4.69, 9.17) is 4.74 Å². The Labute approximate surface area is 124 Å². The number of benzene rings is 2. The van der Waals surface area contributed by atoms with E-state index in [-0.39, 0.29) is 18.3 Å². The van der Waals surface area contributed by atoms with Crippen molar-refractivity contribution in [2.75, 3.05) is 18.6 Å². The minimum atomic E-state index is -0.153. The van der Waals surface area contributed by atoms with Gasteiger partial charge in [0.05, 0.1) is 0 Å². The maximum atomic E-state index is 12.1. The van der Waals surface area contributed by atoms with Crippen molar-refractivity contribution in [1.29, 1.82) is 0 Å². The zero-order valence-corrected chi connectivity index (χ0v) is 12.2. The van der Waals surface area contributed by atoms with Gasteiger partial charge in [-0.2, -0.15) is 0 Å².